The van der Waals surface area contributed by atoms with E-state index in [1.165, 1.54) is 29.7 Å². The lowest BCUT2D eigenvalue weighted by atomic mass is 10.0. The molecular weight excluding hydrogens is 1340 g/mol. The number of hydrogen-bond acceptors (Lipinski definition) is 17. The molecule has 7 aromatic heterocycles. The van der Waals surface area contributed by atoms with Crippen LogP contribution < -0.4 is 47.5 Å². The van der Waals surface area contributed by atoms with Gasteiger partial charge in [-0.15, -0.1) is 0 Å². The van der Waals surface area contributed by atoms with E-state index in [-0.39, 0.29) is 20.6 Å². The average molecular weight is 1420 g/mol. The minimum atomic E-state index is -3.73. The molecule has 3 aliphatic rings. The number of primary sulfonamides is 1. The van der Waals surface area contributed by atoms with Crippen LogP contribution in [0.5, 0.6) is 0 Å². The van der Waals surface area contributed by atoms with Crippen LogP contribution in [0.1, 0.15) is 43.6 Å². The first-order chi connectivity index (χ1) is 49.8. The zero-order chi connectivity index (χ0) is 71.5. The molecule has 24 nitrogen and oxygen atoms in total. The van der Waals surface area contributed by atoms with Gasteiger partial charge in [0.15, 0.2) is 16.9 Å². The highest BCUT2D eigenvalue weighted by atomic mass is 32.2. The van der Waals surface area contributed by atoms with Crippen molar-refractivity contribution in [3.05, 3.63) is 257 Å². The summed E-state index contributed by atoms with van der Waals surface area (Å²) in [6, 6.07) is 57.2. The Labute approximate surface area is 595 Å². The summed E-state index contributed by atoms with van der Waals surface area (Å²) in [5, 5.41) is 18.3. The van der Waals surface area contributed by atoms with Crippen LogP contribution in [-0.2, 0) is 26.4 Å². The monoisotopic (exact) mass is 1420 g/mol. The topological polar surface area (TPSA) is 290 Å². The van der Waals surface area contributed by atoms with Crippen molar-refractivity contribution in [2.75, 3.05) is 78.1 Å². The number of carbonyl (C=O) groups excluding carboxylic acids is 1. The quantitative estimate of drug-likeness (QED) is 0.0473. The Kier molecular flexibility index (Phi) is 19.3. The first-order valence-corrected chi connectivity index (χ1v) is 37.0. The number of H-pyrrole nitrogens is 2. The molecule has 0 spiro atoms. The summed E-state index contributed by atoms with van der Waals surface area (Å²) >= 11 is 0. The molecule has 0 bridgehead atoms. The fraction of sp³-hybridized carbons (Fsp3) is 0.195. The van der Waals surface area contributed by atoms with E-state index in [4.69, 9.17) is 5.14 Å². The smallest absolute Gasteiger partial charge is 0.325 e. The van der Waals surface area contributed by atoms with E-state index < -0.39 is 31.1 Å². The summed E-state index contributed by atoms with van der Waals surface area (Å²) in [4.78, 5) is 64.3. The van der Waals surface area contributed by atoms with Gasteiger partial charge < -0.3 is 36.1 Å². The molecule has 0 atom stereocenters. The van der Waals surface area contributed by atoms with Crippen LogP contribution in [0.2, 0.25) is 0 Å². The van der Waals surface area contributed by atoms with Gasteiger partial charge in [-0.05, 0) is 190 Å². The van der Waals surface area contributed by atoms with Crippen molar-refractivity contribution in [3.8, 4) is 33.8 Å². The number of pyridine rings is 3. The summed E-state index contributed by atoms with van der Waals surface area (Å²) in [6.45, 7) is 18.0. The molecule has 26 heteroatoms. The van der Waals surface area contributed by atoms with Gasteiger partial charge in [-0.1, -0.05) is 36.4 Å². The van der Waals surface area contributed by atoms with Gasteiger partial charge in [-0.25, -0.2) is 41.7 Å². The van der Waals surface area contributed by atoms with Gasteiger partial charge in [0.25, 0.3) is 11.5 Å². The summed E-state index contributed by atoms with van der Waals surface area (Å²) in [5.41, 5.74) is 15.3. The molecule has 8 N–H and O–H groups in total. The van der Waals surface area contributed by atoms with Crippen molar-refractivity contribution < 1.29 is 21.6 Å². The maximum Gasteiger partial charge on any atom is 0.325 e. The molecule has 0 aliphatic carbocycles. The van der Waals surface area contributed by atoms with E-state index in [2.05, 4.69) is 142 Å². The van der Waals surface area contributed by atoms with Gasteiger partial charge in [0.2, 0.25) is 19.9 Å². The Bertz CT molecular complexity index is 5590. The van der Waals surface area contributed by atoms with E-state index in [0.717, 1.165) is 126 Å². The largest absolute Gasteiger partial charge is 0.369 e. The van der Waals surface area contributed by atoms with E-state index in [9.17, 15) is 31.2 Å². The highest BCUT2D eigenvalue weighted by Crippen LogP contribution is 2.34. The van der Waals surface area contributed by atoms with E-state index >= 15 is 0 Å². The predicted molar refractivity (Wildman–Crippen MR) is 405 cm³/mol. The lowest BCUT2D eigenvalue weighted by Crippen LogP contribution is -2.48. The van der Waals surface area contributed by atoms with Gasteiger partial charge in [-0.3, -0.25) is 37.6 Å². The Morgan fingerprint density at radius 3 is 1.35 bits per heavy atom. The summed E-state index contributed by atoms with van der Waals surface area (Å²) in [6.07, 6.45) is 12.2. The number of nitrogens with two attached hydrogens (primary N) is 1. The van der Waals surface area contributed by atoms with Crippen LogP contribution in [0, 0.1) is 0 Å². The molecule has 16 rings (SSSR count). The van der Waals surface area contributed by atoms with Crippen LogP contribution >= 0.6 is 0 Å². The zero-order valence-corrected chi connectivity index (χ0v) is 58.7. The molecular formula is C77H77N17O7S2. The van der Waals surface area contributed by atoms with Crippen molar-refractivity contribution >= 4 is 88.2 Å². The number of amides is 1. The zero-order valence-electron chi connectivity index (χ0n) is 57.1. The minimum absolute atomic E-state index is 0.0403. The Morgan fingerprint density at radius 2 is 0.883 bits per heavy atom. The second-order valence-electron chi connectivity index (χ2n) is 25.9. The van der Waals surface area contributed by atoms with Crippen molar-refractivity contribution in [1.29, 1.82) is 0 Å². The van der Waals surface area contributed by atoms with Crippen LogP contribution in [0.15, 0.2) is 250 Å². The number of rotatable bonds is 16. The number of benzene rings is 6. The normalized spacial score (nSPS) is 14.3. The molecule has 0 saturated carbocycles. The maximum atomic E-state index is 12.8. The average Bonchev–Trinajstić information content (AvgIpc) is 1.74. The van der Waals surface area contributed by atoms with Gasteiger partial charge in [0.05, 0.1) is 54.4 Å². The second-order valence-corrected chi connectivity index (χ2v) is 29.4. The van der Waals surface area contributed by atoms with Gasteiger partial charge >= 0.3 is 5.69 Å². The van der Waals surface area contributed by atoms with Crippen molar-refractivity contribution in [1.82, 2.24) is 53.2 Å². The molecule has 13 aromatic rings. The molecule has 6 aromatic carbocycles. The predicted octanol–water partition coefficient (Wildman–Crippen LogP) is 11.4. The number of sulfonamides is 1. The number of nitrogens with one attached hydrogen (secondary N) is 6. The second kappa shape index (κ2) is 29.1. The molecule has 1 amide bonds. The summed E-state index contributed by atoms with van der Waals surface area (Å²) < 4.78 is 54.6. The van der Waals surface area contributed by atoms with E-state index in [1.54, 1.807) is 91.5 Å². The van der Waals surface area contributed by atoms with Crippen LogP contribution in [0.4, 0.5) is 45.5 Å². The van der Waals surface area contributed by atoms with E-state index in [1.807, 2.05) is 80.2 Å². The standard InChI is InChI=1S/C27H20N4O3S.C26H30N6O2S.C24H27N7O2/c32-27-23-11-6-18(16-19(23)17-29-27)25-13-12-24(26-28-14-15-31(25)26)30-20-7-9-22(10-8-20)35(33,34)21-4-2-1-3-5-21;1-19(2)30-15-17-31(18-16-30)22-7-5-21(6-8-22)29-24-11-12-25(32-14-13-28-26(24)32)20-3-9-23(10-4-20)35(27,33)34;1-16(2)29-11-13-30(14-12-29)18-5-3-17(4-6-18)27-20-7-8-21(31-10-9-25-22(20)31)19-15-26-24(33)28-23(19)32/h1-16,30H,17H2,(H,29,32);3-14,19,29H,15-18H2,1-2H3,(H2,27,33,34);3-10,15-16,27H,11-14H2,1-2H3,(H2,26,28,32,33). The van der Waals surface area contributed by atoms with Gasteiger partial charge in [0.1, 0.15) is 0 Å². The molecule has 524 valence electrons. The number of anilines is 8. The first-order valence-electron chi connectivity index (χ1n) is 33.9. The number of hydrogen-bond donors (Lipinski definition) is 7. The third kappa shape index (κ3) is 14.8. The Morgan fingerprint density at radius 1 is 0.456 bits per heavy atom. The minimum Gasteiger partial charge on any atom is -0.369 e. The number of fused-ring (bicyclic) bond motifs is 4. The van der Waals surface area contributed by atoms with Crippen LogP contribution in [-0.4, -0.2) is 135 Å². The number of sulfone groups is 1. The third-order valence-electron chi connectivity index (χ3n) is 18.9. The number of aromatic amines is 2. The lowest BCUT2D eigenvalue weighted by Gasteiger charge is -2.38. The number of piperazine rings is 2. The fourth-order valence-electron chi connectivity index (χ4n) is 13.3. The van der Waals surface area contributed by atoms with Crippen LogP contribution in [0.3, 0.4) is 0 Å². The van der Waals surface area contributed by atoms with Gasteiger partial charge in [-0.2, -0.15) is 0 Å². The molecule has 0 unspecified atom stereocenters. The molecule has 10 heterocycles. The van der Waals surface area contributed by atoms with Crippen molar-refractivity contribution in [2.24, 2.45) is 5.14 Å². The summed E-state index contributed by atoms with van der Waals surface area (Å²) in [7, 11) is -7.29. The lowest BCUT2D eigenvalue weighted by molar-refractivity contribution is 0.0965. The number of carbonyl (C=O) groups is 1. The Balaban J connectivity index is 0.000000131. The molecule has 0 radical (unpaired) electrons. The number of nitrogens with zero attached hydrogens (tertiary/aromatic N) is 10. The van der Waals surface area contributed by atoms with Crippen LogP contribution in [0.25, 0.3) is 50.7 Å². The van der Waals surface area contributed by atoms with Crippen molar-refractivity contribution in [2.45, 2.75) is 61.0 Å². The SMILES string of the molecule is CC(C)N1CCN(c2ccc(Nc3ccc(-c4c[nH]c(=O)[nH]c4=O)n4ccnc34)cc2)CC1.CC(C)N1CCN(c2ccc(Nc3ccc(-c4ccc(S(N)(=O)=O)cc4)n4ccnc34)cc2)CC1.O=C1NCc2cc(-c3ccc(Nc4ccc(S(=O)(=O)c5ccccc5)cc4)c4nccn34)ccc21. The Hall–Kier alpha value is -11.7. The molecule has 3 aliphatic heterocycles. The fourth-order valence-corrected chi connectivity index (χ4v) is 15.1. The summed E-state index contributed by atoms with van der Waals surface area (Å²) in [5.74, 6) is -0.0403. The number of imidazole rings is 3. The van der Waals surface area contributed by atoms with Crippen molar-refractivity contribution in [3.63, 3.8) is 0 Å². The number of aromatic nitrogens is 8. The van der Waals surface area contributed by atoms with Gasteiger partial charge in [0, 0.05) is 148 Å². The molecule has 2 saturated heterocycles. The highest BCUT2D eigenvalue weighted by Gasteiger charge is 2.24. The molecule has 2 fully saturated rings. The molecule has 103 heavy (non-hydrogen) atoms. The third-order valence-corrected chi connectivity index (χ3v) is 21.6. The maximum absolute atomic E-state index is 12.8. The first kappa shape index (κ1) is 68.5. The van der Waals surface area contributed by atoms with E-state index in [0.29, 0.717) is 41.1 Å². The highest BCUT2D eigenvalue weighted by molar-refractivity contribution is 7.91.